The van der Waals surface area contributed by atoms with Crippen LogP contribution in [-0.2, 0) is 11.3 Å². The minimum Gasteiger partial charge on any atom is -0.480 e. The van der Waals surface area contributed by atoms with Crippen LogP contribution >= 0.6 is 0 Å². The van der Waals surface area contributed by atoms with Crippen molar-refractivity contribution in [2.45, 2.75) is 31.3 Å². The van der Waals surface area contributed by atoms with Gasteiger partial charge in [0.25, 0.3) is 0 Å². The SMILES string of the molecule is O=C(O)C1(NCc2ccco2)CCC1. The van der Waals surface area contributed by atoms with Gasteiger partial charge in [-0.3, -0.25) is 10.1 Å². The molecule has 1 aromatic rings. The molecule has 0 aromatic carbocycles. The van der Waals surface area contributed by atoms with E-state index in [0.717, 1.165) is 12.2 Å². The second-order valence-corrected chi connectivity index (χ2v) is 3.67. The number of carbonyl (C=O) groups is 1. The third-order valence-electron chi connectivity index (χ3n) is 2.80. The molecule has 0 radical (unpaired) electrons. The lowest BCUT2D eigenvalue weighted by atomic mass is 9.77. The quantitative estimate of drug-likeness (QED) is 0.761. The minimum atomic E-state index is -0.754. The van der Waals surface area contributed by atoms with E-state index in [9.17, 15) is 4.79 Å². The smallest absolute Gasteiger partial charge is 0.323 e. The first kappa shape index (κ1) is 9.27. The minimum absolute atomic E-state index is 0.485. The summed E-state index contributed by atoms with van der Waals surface area (Å²) in [6, 6.07) is 3.63. The average Bonchev–Trinajstić information content (AvgIpc) is 2.53. The zero-order valence-corrected chi connectivity index (χ0v) is 7.82. The summed E-state index contributed by atoms with van der Waals surface area (Å²) >= 11 is 0. The van der Waals surface area contributed by atoms with Gasteiger partial charge in [-0.05, 0) is 31.4 Å². The van der Waals surface area contributed by atoms with Crippen LogP contribution in [0.3, 0.4) is 0 Å². The van der Waals surface area contributed by atoms with E-state index in [1.165, 1.54) is 0 Å². The summed E-state index contributed by atoms with van der Waals surface area (Å²) in [5.41, 5.74) is -0.702. The van der Waals surface area contributed by atoms with E-state index >= 15 is 0 Å². The number of hydrogen-bond acceptors (Lipinski definition) is 3. The fraction of sp³-hybridized carbons (Fsp3) is 0.500. The Morgan fingerprint density at radius 2 is 2.43 bits per heavy atom. The fourth-order valence-corrected chi connectivity index (χ4v) is 1.67. The molecule has 1 fully saturated rings. The molecule has 0 bridgehead atoms. The molecular weight excluding hydrogens is 182 g/mol. The lowest BCUT2D eigenvalue weighted by Crippen LogP contribution is -2.56. The van der Waals surface area contributed by atoms with Gasteiger partial charge in [0.2, 0.25) is 0 Å². The largest absolute Gasteiger partial charge is 0.480 e. The highest BCUT2D eigenvalue weighted by Gasteiger charge is 2.43. The molecule has 0 saturated heterocycles. The van der Waals surface area contributed by atoms with Crippen LogP contribution in [0.4, 0.5) is 0 Å². The monoisotopic (exact) mass is 195 g/mol. The first-order chi connectivity index (χ1) is 6.73. The molecule has 0 aliphatic heterocycles. The summed E-state index contributed by atoms with van der Waals surface area (Å²) in [5.74, 6) is 0.0211. The molecule has 1 heterocycles. The third kappa shape index (κ3) is 1.53. The summed E-state index contributed by atoms with van der Waals surface area (Å²) in [4.78, 5) is 11.0. The maximum atomic E-state index is 11.0. The Hall–Kier alpha value is -1.29. The van der Waals surface area contributed by atoms with Crippen molar-refractivity contribution in [1.29, 1.82) is 0 Å². The van der Waals surface area contributed by atoms with Gasteiger partial charge in [-0.15, -0.1) is 0 Å². The number of aliphatic carboxylic acids is 1. The zero-order valence-electron chi connectivity index (χ0n) is 7.82. The summed E-state index contributed by atoms with van der Waals surface area (Å²) in [7, 11) is 0. The molecular formula is C10H13NO3. The average molecular weight is 195 g/mol. The fourth-order valence-electron chi connectivity index (χ4n) is 1.67. The van der Waals surface area contributed by atoms with Crippen LogP contribution in [0.1, 0.15) is 25.0 Å². The molecule has 1 aromatic heterocycles. The van der Waals surface area contributed by atoms with Crippen LogP contribution in [0.25, 0.3) is 0 Å². The number of carboxylic acids is 1. The van der Waals surface area contributed by atoms with Gasteiger partial charge in [0.05, 0.1) is 12.8 Å². The van der Waals surface area contributed by atoms with Gasteiger partial charge in [-0.1, -0.05) is 0 Å². The molecule has 4 nitrogen and oxygen atoms in total. The van der Waals surface area contributed by atoms with Gasteiger partial charge >= 0.3 is 5.97 Å². The maximum absolute atomic E-state index is 11.0. The lowest BCUT2D eigenvalue weighted by Gasteiger charge is -2.38. The van der Waals surface area contributed by atoms with Crippen LogP contribution in [0, 0.1) is 0 Å². The summed E-state index contributed by atoms with van der Waals surface area (Å²) in [5, 5.41) is 12.1. The predicted octanol–water partition coefficient (Wildman–Crippen LogP) is 1.38. The van der Waals surface area contributed by atoms with Crippen LogP contribution in [0.2, 0.25) is 0 Å². The van der Waals surface area contributed by atoms with Crippen LogP contribution in [-0.4, -0.2) is 16.6 Å². The number of furan rings is 1. The first-order valence-corrected chi connectivity index (χ1v) is 4.74. The molecule has 2 N–H and O–H groups in total. The molecule has 0 spiro atoms. The van der Waals surface area contributed by atoms with E-state index < -0.39 is 11.5 Å². The van der Waals surface area contributed by atoms with Crippen molar-refractivity contribution in [3.05, 3.63) is 24.2 Å². The van der Waals surface area contributed by atoms with Gasteiger partial charge in [0.15, 0.2) is 0 Å². The number of hydrogen-bond donors (Lipinski definition) is 2. The van der Waals surface area contributed by atoms with Crippen molar-refractivity contribution in [1.82, 2.24) is 5.32 Å². The molecule has 0 amide bonds. The number of rotatable bonds is 4. The summed E-state index contributed by atoms with van der Waals surface area (Å²) in [6.07, 6.45) is 3.99. The Morgan fingerprint density at radius 3 is 2.86 bits per heavy atom. The van der Waals surface area contributed by atoms with E-state index in [1.807, 2.05) is 6.07 Å². The molecule has 1 saturated carbocycles. The van der Waals surface area contributed by atoms with Crippen LogP contribution in [0.5, 0.6) is 0 Å². The van der Waals surface area contributed by atoms with Gasteiger partial charge in [-0.25, -0.2) is 0 Å². The molecule has 0 atom stereocenters. The molecule has 2 rings (SSSR count). The van der Waals surface area contributed by atoms with Crippen LogP contribution < -0.4 is 5.32 Å². The summed E-state index contributed by atoms with van der Waals surface area (Å²) < 4.78 is 5.12. The van der Waals surface area contributed by atoms with E-state index in [0.29, 0.717) is 19.4 Å². The Balaban J connectivity index is 1.93. The maximum Gasteiger partial charge on any atom is 0.323 e. The molecule has 0 unspecified atom stereocenters. The van der Waals surface area contributed by atoms with Gasteiger partial charge in [-0.2, -0.15) is 0 Å². The van der Waals surface area contributed by atoms with E-state index in [-0.39, 0.29) is 0 Å². The van der Waals surface area contributed by atoms with Gasteiger partial charge in [0.1, 0.15) is 11.3 Å². The highest BCUT2D eigenvalue weighted by Crippen LogP contribution is 2.32. The van der Waals surface area contributed by atoms with Crippen molar-refractivity contribution in [3.63, 3.8) is 0 Å². The second-order valence-electron chi connectivity index (χ2n) is 3.67. The van der Waals surface area contributed by atoms with E-state index in [1.54, 1.807) is 12.3 Å². The topological polar surface area (TPSA) is 62.5 Å². The van der Waals surface area contributed by atoms with Crippen molar-refractivity contribution in [2.75, 3.05) is 0 Å². The number of carboxylic acid groups (broad SMARTS) is 1. The summed E-state index contributed by atoms with van der Waals surface area (Å²) in [6.45, 7) is 0.485. The number of nitrogens with one attached hydrogen (secondary N) is 1. The van der Waals surface area contributed by atoms with Gasteiger partial charge < -0.3 is 9.52 Å². The normalized spacial score (nSPS) is 18.9. The van der Waals surface area contributed by atoms with Crippen molar-refractivity contribution in [2.24, 2.45) is 0 Å². The molecule has 76 valence electrons. The zero-order chi connectivity index (χ0) is 10.0. The highest BCUT2D eigenvalue weighted by molar-refractivity contribution is 5.79. The van der Waals surface area contributed by atoms with Gasteiger partial charge in [0, 0.05) is 0 Å². The second kappa shape index (κ2) is 3.46. The molecule has 1 aliphatic rings. The van der Waals surface area contributed by atoms with Crippen molar-refractivity contribution >= 4 is 5.97 Å². The van der Waals surface area contributed by atoms with E-state index in [4.69, 9.17) is 9.52 Å². The highest BCUT2D eigenvalue weighted by atomic mass is 16.4. The Labute approximate surface area is 81.9 Å². The standard InChI is InChI=1S/C10H13NO3/c12-9(13)10(4-2-5-10)11-7-8-3-1-6-14-8/h1,3,6,11H,2,4-5,7H2,(H,12,13). The third-order valence-corrected chi connectivity index (χ3v) is 2.80. The first-order valence-electron chi connectivity index (χ1n) is 4.74. The molecule has 14 heavy (non-hydrogen) atoms. The Morgan fingerprint density at radius 1 is 1.64 bits per heavy atom. The Kier molecular flexibility index (Phi) is 2.29. The van der Waals surface area contributed by atoms with Crippen LogP contribution in [0.15, 0.2) is 22.8 Å². The lowest BCUT2D eigenvalue weighted by molar-refractivity contribution is -0.148. The van der Waals surface area contributed by atoms with Crippen molar-refractivity contribution in [3.8, 4) is 0 Å². The molecule has 1 aliphatic carbocycles. The van der Waals surface area contributed by atoms with E-state index in [2.05, 4.69) is 5.32 Å². The molecule has 4 heteroatoms. The Bertz CT molecular complexity index is 314. The predicted molar refractivity (Wildman–Crippen MR) is 49.8 cm³/mol. The van der Waals surface area contributed by atoms with Crippen molar-refractivity contribution < 1.29 is 14.3 Å².